The van der Waals surface area contributed by atoms with Crippen molar-refractivity contribution >= 4 is 113 Å². The molecule has 6 amide bonds. The molecule has 2 fully saturated rings. The number of hydrogen-bond donors (Lipinski definition) is 5. The zero-order valence-electron chi connectivity index (χ0n) is 53.2. The molecule has 0 aliphatic carbocycles. The topological polar surface area (TPSA) is 296 Å². The van der Waals surface area contributed by atoms with Gasteiger partial charge in [-0.15, -0.1) is 0 Å². The molecule has 6 rings (SSSR count). The quantitative estimate of drug-likeness (QED) is 0.0219. The summed E-state index contributed by atoms with van der Waals surface area (Å²) in [6.07, 6.45) is 4.07. The number of fused-ring (bicyclic) bond motifs is 6. The normalized spacial score (nSPS) is 23.9. The van der Waals surface area contributed by atoms with E-state index >= 15 is 0 Å². The van der Waals surface area contributed by atoms with Gasteiger partial charge in [0.15, 0.2) is 5.78 Å². The summed E-state index contributed by atoms with van der Waals surface area (Å²) in [4.78, 5) is 129. The Hall–Kier alpha value is -6.11. The van der Waals surface area contributed by atoms with Gasteiger partial charge in [0.1, 0.15) is 41.3 Å². The number of ketones is 2. The number of esters is 2. The smallest absolute Gasteiger partial charge is 0.328 e. The van der Waals surface area contributed by atoms with Crippen LogP contribution < -0.4 is 26.6 Å². The van der Waals surface area contributed by atoms with Crippen molar-refractivity contribution in [2.75, 3.05) is 49.9 Å². The van der Waals surface area contributed by atoms with Crippen LogP contribution in [0.15, 0.2) is 66.3 Å². The van der Waals surface area contributed by atoms with Gasteiger partial charge in [0.2, 0.25) is 17.7 Å². The van der Waals surface area contributed by atoms with E-state index in [0.717, 1.165) is 23.1 Å². The number of benzene rings is 2. The van der Waals surface area contributed by atoms with Crippen LogP contribution in [0.2, 0.25) is 5.02 Å². The number of pyridine rings is 1. The fraction of sp³-hybridized carbons (Fsp3) is 0.576. The zero-order valence-corrected chi connectivity index (χ0v) is 57.1. The molecule has 3 aliphatic rings. The molecule has 4 bridgehead atoms. The van der Waals surface area contributed by atoms with E-state index in [1.165, 1.54) is 30.9 Å². The highest BCUT2D eigenvalue weighted by molar-refractivity contribution is 9.09. The Kier molecular flexibility index (Phi) is 26.7. The summed E-state index contributed by atoms with van der Waals surface area (Å²) in [5.74, 6) is -5.06. The Balaban J connectivity index is 1.15. The van der Waals surface area contributed by atoms with E-state index in [4.69, 9.17) is 41.3 Å². The summed E-state index contributed by atoms with van der Waals surface area (Å²) in [7, 11) is 4.50. The number of carbonyl (C=O) groups is 9. The molecule has 1 aromatic heterocycles. The number of nitrogens with two attached hydrogens (primary N) is 1. The van der Waals surface area contributed by atoms with Crippen LogP contribution in [-0.4, -0.2) is 161 Å². The number of carbonyl (C=O) groups excluding carboxylic acids is 9. The van der Waals surface area contributed by atoms with E-state index in [-0.39, 0.29) is 86.4 Å². The van der Waals surface area contributed by atoms with Crippen LogP contribution in [0.5, 0.6) is 0 Å². The number of alkyl halides is 2. The third-order valence-electron chi connectivity index (χ3n) is 17.5. The Morgan fingerprint density at radius 1 is 0.967 bits per heavy atom. The number of methoxy groups -OCH3 is 1. The number of aryl methyl sites for hydroxylation is 1. The molecule has 2 aromatic carbocycles. The van der Waals surface area contributed by atoms with Gasteiger partial charge in [0, 0.05) is 92.7 Å². The molecule has 2 saturated heterocycles. The van der Waals surface area contributed by atoms with Crippen molar-refractivity contribution in [1.82, 2.24) is 25.8 Å². The number of amides is 6. The second-order valence-corrected chi connectivity index (χ2v) is 26.5. The van der Waals surface area contributed by atoms with Gasteiger partial charge >= 0.3 is 18.0 Å². The van der Waals surface area contributed by atoms with Crippen LogP contribution in [-0.2, 0) is 65.4 Å². The SMILES string of the molecule is CO[C@@H]1/C=C/C=C(\C)Cc2cc(C)c(Cl)c(c2)N(C)C(=O)C[C@H](OC(=O)[C@H](C)N(C)C(=O)c2ccc3nc(CC(=O)[C@H](CCCNC(N)=O)NC(=O)[C@@H](CC(=O)CCCCCNC(=O)C(CBr)CBr)C(C)C)ccc3c2)[C@]2(C)O[C@H]2[C@H](C)[C@@H]2C[C@@]1(O)CC(=O)O2. The molecule has 492 valence electrons. The monoisotopic (exact) mass is 1400 g/mol. The Labute approximate surface area is 549 Å². The Morgan fingerprint density at radius 3 is 2.36 bits per heavy atom. The van der Waals surface area contributed by atoms with Crippen molar-refractivity contribution in [3.8, 4) is 0 Å². The van der Waals surface area contributed by atoms with Gasteiger partial charge in [0.25, 0.3) is 5.91 Å². The number of epoxide rings is 1. The number of anilines is 1. The number of primary amides is 1. The van der Waals surface area contributed by atoms with Crippen LogP contribution in [0.4, 0.5) is 10.5 Å². The summed E-state index contributed by atoms with van der Waals surface area (Å²) >= 11 is 13.6. The molecule has 90 heavy (non-hydrogen) atoms. The lowest BCUT2D eigenvalue weighted by Crippen LogP contribution is -2.53. The van der Waals surface area contributed by atoms with Crippen molar-refractivity contribution in [1.29, 1.82) is 0 Å². The third kappa shape index (κ3) is 19.2. The second-order valence-electron chi connectivity index (χ2n) is 24.8. The minimum absolute atomic E-state index is 0.00438. The molecule has 0 radical (unpaired) electrons. The van der Waals surface area contributed by atoms with Crippen molar-refractivity contribution in [3.63, 3.8) is 0 Å². The number of rotatable bonds is 26. The lowest BCUT2D eigenvalue weighted by atomic mass is 9.78. The number of halogens is 3. The molecule has 6 N–H and O–H groups in total. The molecule has 4 heterocycles. The lowest BCUT2D eigenvalue weighted by molar-refractivity contribution is -0.187. The van der Waals surface area contributed by atoms with Crippen LogP contribution in [0.3, 0.4) is 0 Å². The predicted molar refractivity (Wildman–Crippen MR) is 349 cm³/mol. The van der Waals surface area contributed by atoms with E-state index in [1.807, 2.05) is 45.9 Å². The van der Waals surface area contributed by atoms with E-state index in [0.29, 0.717) is 70.2 Å². The van der Waals surface area contributed by atoms with Crippen LogP contribution >= 0.6 is 43.5 Å². The summed E-state index contributed by atoms with van der Waals surface area (Å²) in [5.41, 5.74) is 6.40. The number of nitrogens with zero attached hydrogens (tertiary/aromatic N) is 3. The number of allylic oxidation sites excluding steroid dienone is 3. The molecule has 21 nitrogen and oxygen atoms in total. The van der Waals surface area contributed by atoms with E-state index in [9.17, 15) is 48.3 Å². The van der Waals surface area contributed by atoms with Gasteiger partial charge in [-0.05, 0) is 107 Å². The average Bonchev–Trinajstić information content (AvgIpc) is 1.57. The minimum Gasteiger partial charge on any atom is -0.462 e. The molecular weight excluding hydrogens is 1310 g/mol. The molecular formula is C66H88Br2ClN7O14. The van der Waals surface area contributed by atoms with Crippen LogP contribution in [0.25, 0.3) is 10.9 Å². The lowest BCUT2D eigenvalue weighted by Gasteiger charge is -2.41. The van der Waals surface area contributed by atoms with Crippen molar-refractivity contribution in [2.24, 2.45) is 29.4 Å². The first-order valence-corrected chi connectivity index (χ1v) is 33.3. The minimum atomic E-state index is -1.64. The fourth-order valence-corrected chi connectivity index (χ4v) is 13.5. The largest absolute Gasteiger partial charge is 0.462 e. The molecule has 24 heteroatoms. The molecule has 10 atom stereocenters. The van der Waals surface area contributed by atoms with E-state index in [1.54, 1.807) is 63.4 Å². The van der Waals surface area contributed by atoms with Crippen molar-refractivity contribution < 1.29 is 67.2 Å². The first-order valence-electron chi connectivity index (χ1n) is 30.7. The predicted octanol–water partition coefficient (Wildman–Crippen LogP) is 8.28. The number of unbranched alkanes of at least 4 members (excludes halogenated alkanes) is 2. The van der Waals surface area contributed by atoms with E-state index < -0.39 is 95.2 Å². The standard InChI is InChI=1S/C66H88Br2ClN7O14/c1-37(2)48(31-47(77)17-12-11-13-24-71-60(81)45(35-67)36-68)61(82)74-50(18-15-25-72-64(70)85)52(78)30-46-22-20-43-29-44(21-23-49(43)73-46)62(83)75(8)41(6)63(84)89-55-32-56(79)76(9)51-28-42(27-39(4)58(51)69)26-38(3)16-14-19-54(87-10)66(86)33-53(88-57(80)34-66)40(5)59-65(55,7)90-59/h14,16,19-23,27-29,37,40-41,45,48,50,53-55,59,86H,11-13,15,17-18,24-26,30-36H2,1-10H3,(H,71,81)(H,74,82)(H3,70,72,85)/b19-14+,38-16+/t40-,41+,48+,50+,53+,54-,55+,59+,65+,66-/m1/s1. The summed E-state index contributed by atoms with van der Waals surface area (Å²) in [6.45, 7) is 13.1. The number of hydrogen-bond acceptors (Lipinski definition) is 15. The van der Waals surface area contributed by atoms with Gasteiger partial charge in [-0.2, -0.15) is 0 Å². The van der Waals surface area contributed by atoms with E-state index in [2.05, 4.69) is 47.8 Å². The van der Waals surface area contributed by atoms with Gasteiger partial charge in [-0.1, -0.05) is 107 Å². The molecule has 3 aromatic rings. The van der Waals surface area contributed by atoms with Gasteiger partial charge in [-0.3, -0.25) is 38.5 Å². The molecule has 3 aliphatic heterocycles. The highest BCUT2D eigenvalue weighted by Gasteiger charge is 2.64. The van der Waals surface area contributed by atoms with Gasteiger partial charge in [0.05, 0.1) is 53.6 Å². The highest BCUT2D eigenvalue weighted by atomic mass is 79.9. The third-order valence-corrected chi connectivity index (χ3v) is 19.5. The maximum Gasteiger partial charge on any atom is 0.328 e. The van der Waals surface area contributed by atoms with Gasteiger partial charge in [-0.25, -0.2) is 9.59 Å². The number of Topliss-reactive ketones (excluding diaryl/α,β-unsaturated/α-hetero) is 2. The Bertz CT molecular complexity index is 3200. The number of urea groups is 1. The summed E-state index contributed by atoms with van der Waals surface area (Å²) in [5, 5.41) is 22.4. The first kappa shape index (κ1) is 72.9. The number of ether oxygens (including phenoxy) is 4. The van der Waals surface area contributed by atoms with Crippen LogP contribution in [0, 0.1) is 30.6 Å². The van der Waals surface area contributed by atoms with Crippen LogP contribution in [0.1, 0.15) is 133 Å². The maximum atomic E-state index is 14.5. The average molecular weight is 1400 g/mol. The van der Waals surface area contributed by atoms with Gasteiger partial charge < -0.3 is 55.5 Å². The number of aliphatic hydroxyl groups is 1. The highest BCUT2D eigenvalue weighted by Crippen LogP contribution is 2.50. The maximum absolute atomic E-state index is 14.5. The summed E-state index contributed by atoms with van der Waals surface area (Å²) < 4.78 is 24.3. The number of nitrogens with one attached hydrogen (secondary N) is 3. The molecule has 0 spiro atoms. The molecule has 0 saturated carbocycles. The number of likely N-dealkylation sites (N-methyl/N-ethyl adjacent to an activating group) is 1. The van der Waals surface area contributed by atoms with Crippen molar-refractivity contribution in [2.45, 2.75) is 173 Å². The second kappa shape index (κ2) is 32.9. The van der Waals surface area contributed by atoms with Crippen molar-refractivity contribution in [3.05, 3.63) is 93.7 Å². The summed E-state index contributed by atoms with van der Waals surface area (Å²) in [6, 6.07) is 8.97. The Morgan fingerprint density at radius 2 is 1.68 bits per heavy atom. The first-order chi connectivity index (χ1) is 42.5. The molecule has 0 unspecified atom stereocenters. The number of aromatic nitrogens is 1. The fourth-order valence-electron chi connectivity index (χ4n) is 11.6. The zero-order chi connectivity index (χ0) is 66.4.